The van der Waals surface area contributed by atoms with E-state index in [0.29, 0.717) is 0 Å². The number of terminal acetylenes is 1. The van der Waals surface area contributed by atoms with Crippen molar-refractivity contribution in [1.29, 1.82) is 0 Å². The van der Waals surface area contributed by atoms with Gasteiger partial charge in [-0.05, 0) is 12.8 Å². The monoisotopic (exact) mass is 222 g/mol. The highest BCUT2D eigenvalue weighted by Crippen LogP contribution is 2.08. The molecule has 0 saturated carbocycles. The van der Waals surface area contributed by atoms with Gasteiger partial charge in [0, 0.05) is 12.5 Å². The third-order valence-electron chi connectivity index (χ3n) is 2.27. The van der Waals surface area contributed by atoms with Gasteiger partial charge in [0.05, 0.1) is 0 Å². The summed E-state index contributed by atoms with van der Waals surface area (Å²) in [6.45, 7) is 0. The largest absolute Gasteiger partial charge is 0.480 e. The average Bonchev–Trinajstić information content (AvgIpc) is 2.69. The second-order valence-corrected chi connectivity index (χ2v) is 3.56. The molecular weight excluding hydrogens is 208 g/mol. The minimum atomic E-state index is -1.13. The third kappa shape index (κ3) is 3.65. The molecule has 1 rings (SSSR count). The van der Waals surface area contributed by atoms with E-state index in [2.05, 4.69) is 16.6 Å². The van der Waals surface area contributed by atoms with Gasteiger partial charge in [-0.25, -0.2) is 9.59 Å². The van der Waals surface area contributed by atoms with Crippen LogP contribution in [-0.2, 0) is 4.79 Å². The van der Waals surface area contributed by atoms with Crippen LogP contribution in [0.2, 0.25) is 0 Å². The van der Waals surface area contributed by atoms with E-state index in [1.54, 1.807) is 0 Å². The molecule has 5 heteroatoms. The van der Waals surface area contributed by atoms with Gasteiger partial charge in [0.2, 0.25) is 0 Å². The fourth-order valence-corrected chi connectivity index (χ4v) is 1.44. The molecule has 1 aliphatic rings. The number of carbonyl (C=O) groups is 2. The molecule has 0 bridgehead atoms. The summed E-state index contributed by atoms with van der Waals surface area (Å²) >= 11 is 0. The number of nitrogens with one attached hydrogen (secondary N) is 2. The standard InChI is InChI=1S/C11H14N2O3/c1-2-5-9(10(14)15)13-11(16)12-8-6-3-4-7-8/h1,3-4,8-9H,5-7H2,(H,14,15)(H2,12,13,16). The predicted octanol–water partition coefficient (Wildman–Crippen LogP) is 0.481. The van der Waals surface area contributed by atoms with E-state index < -0.39 is 18.0 Å². The van der Waals surface area contributed by atoms with E-state index in [4.69, 9.17) is 11.5 Å². The average molecular weight is 222 g/mol. The Kier molecular flexibility index (Phi) is 4.40. The van der Waals surface area contributed by atoms with E-state index in [1.807, 2.05) is 12.2 Å². The maximum Gasteiger partial charge on any atom is 0.327 e. The molecule has 0 spiro atoms. The molecule has 0 fully saturated rings. The molecular formula is C11H14N2O3. The highest BCUT2D eigenvalue weighted by molar-refractivity contribution is 5.82. The van der Waals surface area contributed by atoms with Crippen molar-refractivity contribution in [3.8, 4) is 12.3 Å². The number of carbonyl (C=O) groups excluding carboxylic acids is 1. The van der Waals surface area contributed by atoms with E-state index in [9.17, 15) is 9.59 Å². The number of hydrogen-bond donors (Lipinski definition) is 3. The SMILES string of the molecule is C#CCC(NC(=O)NC1CC=CC1)C(=O)O. The maximum atomic E-state index is 11.4. The number of rotatable bonds is 4. The summed E-state index contributed by atoms with van der Waals surface area (Å²) in [6, 6.07) is -1.46. The highest BCUT2D eigenvalue weighted by Gasteiger charge is 2.20. The molecule has 0 aromatic rings. The van der Waals surface area contributed by atoms with Gasteiger partial charge in [-0.15, -0.1) is 12.3 Å². The van der Waals surface area contributed by atoms with Crippen LogP contribution in [0.4, 0.5) is 4.79 Å². The van der Waals surface area contributed by atoms with Crippen LogP contribution in [0, 0.1) is 12.3 Å². The zero-order valence-corrected chi connectivity index (χ0v) is 8.77. The highest BCUT2D eigenvalue weighted by atomic mass is 16.4. The van der Waals surface area contributed by atoms with Crippen LogP contribution in [0.1, 0.15) is 19.3 Å². The van der Waals surface area contributed by atoms with E-state index in [1.165, 1.54) is 0 Å². The normalized spacial score (nSPS) is 16.4. The second-order valence-electron chi connectivity index (χ2n) is 3.56. The topological polar surface area (TPSA) is 78.4 Å². The maximum absolute atomic E-state index is 11.4. The fourth-order valence-electron chi connectivity index (χ4n) is 1.44. The number of amides is 2. The Morgan fingerprint density at radius 2 is 2.12 bits per heavy atom. The molecule has 3 N–H and O–H groups in total. The van der Waals surface area contributed by atoms with Gasteiger partial charge in [-0.3, -0.25) is 0 Å². The summed E-state index contributed by atoms with van der Waals surface area (Å²) in [6.07, 6.45) is 10.5. The van der Waals surface area contributed by atoms with Gasteiger partial charge in [0.15, 0.2) is 0 Å². The Bertz CT molecular complexity index is 336. The van der Waals surface area contributed by atoms with Crippen LogP contribution in [0.25, 0.3) is 0 Å². The quantitative estimate of drug-likeness (QED) is 0.478. The number of hydrogen-bond acceptors (Lipinski definition) is 2. The predicted molar refractivity (Wildman–Crippen MR) is 58.7 cm³/mol. The Morgan fingerprint density at radius 3 is 2.62 bits per heavy atom. The molecule has 0 radical (unpaired) electrons. The molecule has 5 nitrogen and oxygen atoms in total. The number of aliphatic carboxylic acids is 1. The van der Waals surface area contributed by atoms with Crippen molar-refractivity contribution in [1.82, 2.24) is 10.6 Å². The minimum Gasteiger partial charge on any atom is -0.480 e. The van der Waals surface area contributed by atoms with E-state index in [-0.39, 0.29) is 12.5 Å². The number of urea groups is 1. The number of carboxylic acids is 1. The first-order valence-corrected chi connectivity index (χ1v) is 5.01. The van der Waals surface area contributed by atoms with Gasteiger partial charge in [0.25, 0.3) is 0 Å². The molecule has 0 aromatic carbocycles. The number of carboxylic acid groups (broad SMARTS) is 1. The minimum absolute atomic E-state index is 0.0222. The van der Waals surface area contributed by atoms with Crippen LogP contribution < -0.4 is 10.6 Å². The van der Waals surface area contributed by atoms with Gasteiger partial charge >= 0.3 is 12.0 Å². The molecule has 1 aliphatic carbocycles. The molecule has 2 amide bonds. The summed E-state index contributed by atoms with van der Waals surface area (Å²) in [5.74, 6) is 1.09. The zero-order chi connectivity index (χ0) is 12.0. The van der Waals surface area contributed by atoms with Crippen molar-refractivity contribution in [2.75, 3.05) is 0 Å². The smallest absolute Gasteiger partial charge is 0.327 e. The van der Waals surface area contributed by atoms with Gasteiger partial charge in [-0.1, -0.05) is 12.2 Å². The fraction of sp³-hybridized carbons (Fsp3) is 0.455. The molecule has 0 saturated heterocycles. The molecule has 1 atom stereocenters. The van der Waals surface area contributed by atoms with Crippen molar-refractivity contribution < 1.29 is 14.7 Å². The van der Waals surface area contributed by atoms with Crippen molar-refractivity contribution in [3.63, 3.8) is 0 Å². The second kappa shape index (κ2) is 5.81. The molecule has 16 heavy (non-hydrogen) atoms. The summed E-state index contributed by atoms with van der Waals surface area (Å²) in [5, 5.41) is 13.8. The zero-order valence-electron chi connectivity index (χ0n) is 8.77. The molecule has 0 heterocycles. The Morgan fingerprint density at radius 1 is 1.50 bits per heavy atom. The van der Waals surface area contributed by atoms with Crippen LogP contribution >= 0.6 is 0 Å². The summed E-state index contributed by atoms with van der Waals surface area (Å²) in [5.41, 5.74) is 0. The summed E-state index contributed by atoms with van der Waals surface area (Å²) in [7, 11) is 0. The van der Waals surface area contributed by atoms with Crippen molar-refractivity contribution in [2.24, 2.45) is 0 Å². The first-order valence-electron chi connectivity index (χ1n) is 5.01. The lowest BCUT2D eigenvalue weighted by atomic mass is 10.2. The van der Waals surface area contributed by atoms with Crippen LogP contribution in [-0.4, -0.2) is 29.2 Å². The van der Waals surface area contributed by atoms with Gasteiger partial charge in [-0.2, -0.15) is 0 Å². The first-order chi connectivity index (χ1) is 7.63. The summed E-state index contributed by atoms with van der Waals surface area (Å²) in [4.78, 5) is 22.1. The molecule has 86 valence electrons. The Hall–Kier alpha value is -1.96. The van der Waals surface area contributed by atoms with Crippen molar-refractivity contribution in [2.45, 2.75) is 31.3 Å². The lowest BCUT2D eigenvalue weighted by Crippen LogP contribution is -2.48. The third-order valence-corrected chi connectivity index (χ3v) is 2.27. The molecule has 0 aliphatic heterocycles. The Labute approximate surface area is 93.9 Å². The van der Waals surface area contributed by atoms with Crippen molar-refractivity contribution >= 4 is 12.0 Å². The van der Waals surface area contributed by atoms with Gasteiger partial charge < -0.3 is 15.7 Å². The van der Waals surface area contributed by atoms with Crippen molar-refractivity contribution in [3.05, 3.63) is 12.2 Å². The van der Waals surface area contributed by atoms with E-state index in [0.717, 1.165) is 12.8 Å². The lowest BCUT2D eigenvalue weighted by molar-refractivity contribution is -0.139. The molecule has 0 aromatic heterocycles. The lowest BCUT2D eigenvalue weighted by Gasteiger charge is -2.16. The first kappa shape index (κ1) is 12.1. The van der Waals surface area contributed by atoms with Gasteiger partial charge in [0.1, 0.15) is 6.04 Å². The molecule has 1 unspecified atom stereocenters. The van der Waals surface area contributed by atoms with Crippen LogP contribution in [0.15, 0.2) is 12.2 Å². The van der Waals surface area contributed by atoms with Crippen LogP contribution in [0.3, 0.4) is 0 Å². The van der Waals surface area contributed by atoms with Crippen LogP contribution in [0.5, 0.6) is 0 Å². The Balaban J connectivity index is 2.36. The summed E-state index contributed by atoms with van der Waals surface area (Å²) < 4.78 is 0. The van der Waals surface area contributed by atoms with E-state index >= 15 is 0 Å².